The highest BCUT2D eigenvalue weighted by Crippen LogP contribution is 2.42. The zero-order valence-corrected chi connectivity index (χ0v) is 18.5. The summed E-state index contributed by atoms with van der Waals surface area (Å²) in [4.78, 5) is 11.8. The van der Waals surface area contributed by atoms with Crippen LogP contribution in [0.25, 0.3) is 0 Å². The van der Waals surface area contributed by atoms with Crippen molar-refractivity contribution in [3.05, 3.63) is 23.8 Å². The maximum Gasteiger partial charge on any atom is 0.270 e. The molecule has 0 spiro atoms. The van der Waals surface area contributed by atoms with Crippen molar-refractivity contribution >= 4 is 32.4 Å². The molecule has 0 aliphatic carbocycles. The first-order valence-corrected chi connectivity index (χ1v) is 11.3. The second kappa shape index (κ2) is 7.88. The van der Waals surface area contributed by atoms with E-state index in [1.165, 1.54) is 0 Å². The molecule has 0 saturated heterocycles. The molecule has 3 rings (SSSR count). The fourth-order valence-electron chi connectivity index (χ4n) is 2.92. The molecule has 29 heavy (non-hydrogen) atoms. The van der Waals surface area contributed by atoms with Crippen molar-refractivity contribution in [2.24, 2.45) is 5.92 Å². The van der Waals surface area contributed by atoms with E-state index in [-0.39, 0.29) is 21.3 Å². The van der Waals surface area contributed by atoms with Crippen molar-refractivity contribution in [2.45, 2.75) is 50.1 Å². The van der Waals surface area contributed by atoms with Gasteiger partial charge in [0.1, 0.15) is 17.1 Å². The first kappa shape index (κ1) is 21.5. The molecule has 1 aliphatic heterocycles. The van der Waals surface area contributed by atoms with Crippen molar-refractivity contribution in [2.75, 3.05) is 12.4 Å². The van der Waals surface area contributed by atoms with Gasteiger partial charge >= 0.3 is 0 Å². The number of aromatic nitrogens is 2. The summed E-state index contributed by atoms with van der Waals surface area (Å²) in [5.74, 6) is 0.676. The van der Waals surface area contributed by atoms with Gasteiger partial charge in [0.05, 0.1) is 13.2 Å². The van der Waals surface area contributed by atoms with Gasteiger partial charge in [0.25, 0.3) is 10.0 Å². The van der Waals surface area contributed by atoms with E-state index in [1.54, 1.807) is 39.2 Å². The maximum absolute atomic E-state index is 12.9. The van der Waals surface area contributed by atoms with E-state index in [0.717, 1.165) is 11.3 Å². The normalized spacial score (nSPS) is 18.1. The third-order valence-electron chi connectivity index (χ3n) is 4.37. The summed E-state index contributed by atoms with van der Waals surface area (Å²) in [7, 11) is -2.39. The lowest BCUT2D eigenvalue weighted by Crippen LogP contribution is -2.41. The van der Waals surface area contributed by atoms with Crippen LogP contribution in [0.3, 0.4) is 0 Å². The van der Waals surface area contributed by atoms with E-state index in [9.17, 15) is 13.2 Å². The number of hydrogen-bond donors (Lipinski definition) is 2. The number of fused-ring (bicyclic) bond motifs is 1. The molecule has 11 heteroatoms. The Kier molecular flexibility index (Phi) is 5.84. The van der Waals surface area contributed by atoms with Gasteiger partial charge in [-0.3, -0.25) is 4.79 Å². The van der Waals surface area contributed by atoms with Crippen LogP contribution in [0.5, 0.6) is 11.5 Å². The Morgan fingerprint density at radius 3 is 2.72 bits per heavy atom. The number of benzene rings is 1. The molecule has 1 aliphatic rings. The first-order chi connectivity index (χ1) is 13.5. The molecule has 1 atom stereocenters. The predicted octanol–water partition coefficient (Wildman–Crippen LogP) is 2.72. The first-order valence-electron chi connectivity index (χ1n) is 9.04. The molecule has 2 heterocycles. The molecule has 0 bridgehead atoms. The van der Waals surface area contributed by atoms with Gasteiger partial charge in [-0.05, 0) is 19.9 Å². The Labute approximate surface area is 173 Å². The lowest BCUT2D eigenvalue weighted by atomic mass is 9.90. The zero-order chi connectivity index (χ0) is 21.4. The smallest absolute Gasteiger partial charge is 0.270 e. The summed E-state index contributed by atoms with van der Waals surface area (Å²) in [6, 6.07) is 4.77. The van der Waals surface area contributed by atoms with Crippen molar-refractivity contribution < 1.29 is 22.7 Å². The van der Waals surface area contributed by atoms with Crippen molar-refractivity contribution in [3.63, 3.8) is 0 Å². The fraction of sp³-hybridized carbons (Fsp3) is 0.500. The summed E-state index contributed by atoms with van der Waals surface area (Å²) in [6.07, 6.45) is 0.432. The van der Waals surface area contributed by atoms with Crippen molar-refractivity contribution in [3.8, 4) is 11.5 Å². The Morgan fingerprint density at radius 1 is 1.34 bits per heavy atom. The molecular formula is C18H24N4O5S2. The molecule has 9 nitrogen and oxygen atoms in total. The van der Waals surface area contributed by atoms with Crippen LogP contribution >= 0.6 is 11.3 Å². The van der Waals surface area contributed by atoms with E-state index in [1.807, 2.05) is 13.8 Å². The van der Waals surface area contributed by atoms with Gasteiger partial charge in [-0.1, -0.05) is 31.3 Å². The minimum Gasteiger partial charge on any atom is -0.497 e. The Balaban J connectivity index is 1.85. The van der Waals surface area contributed by atoms with Crippen LogP contribution in [0.15, 0.2) is 22.5 Å². The van der Waals surface area contributed by atoms with E-state index in [4.69, 9.17) is 9.47 Å². The van der Waals surface area contributed by atoms with E-state index >= 15 is 0 Å². The second-order valence-corrected chi connectivity index (χ2v) is 10.5. The third kappa shape index (κ3) is 4.85. The average Bonchev–Trinajstić information content (AvgIpc) is 3.09. The number of sulfonamides is 1. The highest BCUT2D eigenvalue weighted by atomic mass is 32.2. The molecule has 0 saturated carbocycles. The molecule has 1 aromatic heterocycles. The number of anilines is 1. The molecular weight excluding hydrogens is 416 g/mol. The summed E-state index contributed by atoms with van der Waals surface area (Å²) >= 11 is 0.806. The average molecular weight is 441 g/mol. The summed E-state index contributed by atoms with van der Waals surface area (Å²) in [5, 5.41) is 10.2. The highest BCUT2D eigenvalue weighted by Gasteiger charge is 2.37. The largest absolute Gasteiger partial charge is 0.497 e. The Hall–Kier alpha value is -2.24. The van der Waals surface area contributed by atoms with Crippen LogP contribution in [0.1, 0.15) is 45.7 Å². The number of carbonyl (C=O) groups excluding carboxylic acids is 1. The summed E-state index contributed by atoms with van der Waals surface area (Å²) in [5.41, 5.74) is 0.135. The number of ether oxygens (including phenoxy) is 2. The van der Waals surface area contributed by atoms with Crippen molar-refractivity contribution in [1.82, 2.24) is 14.9 Å². The lowest BCUT2D eigenvalue weighted by Gasteiger charge is -2.37. The van der Waals surface area contributed by atoms with E-state index < -0.39 is 21.7 Å². The monoisotopic (exact) mass is 440 g/mol. The topological polar surface area (TPSA) is 120 Å². The van der Waals surface area contributed by atoms with Gasteiger partial charge in [-0.2, -0.15) is 0 Å². The lowest BCUT2D eigenvalue weighted by molar-refractivity contribution is -0.118. The van der Waals surface area contributed by atoms with Crippen LogP contribution in [-0.4, -0.2) is 37.2 Å². The van der Waals surface area contributed by atoms with E-state index in [0.29, 0.717) is 23.5 Å². The van der Waals surface area contributed by atoms with Crippen LogP contribution in [-0.2, 0) is 14.8 Å². The Bertz CT molecular complexity index is 1020. The minimum atomic E-state index is -3.95. The number of methoxy groups -OCH3 is 1. The second-order valence-electron chi connectivity index (χ2n) is 7.66. The number of nitrogens with one attached hydrogen (secondary N) is 2. The molecule has 158 valence electrons. The Morgan fingerprint density at radius 2 is 2.07 bits per heavy atom. The fourth-order valence-corrected chi connectivity index (χ4v) is 5.05. The molecule has 1 unspecified atom stereocenters. The minimum absolute atomic E-state index is 0.140. The maximum atomic E-state index is 12.9. The van der Waals surface area contributed by atoms with Gasteiger partial charge in [0.2, 0.25) is 15.4 Å². The number of amides is 1. The molecule has 1 aromatic carbocycles. The molecule has 0 radical (unpaired) electrons. The molecule has 0 fully saturated rings. The van der Waals surface area contributed by atoms with Crippen LogP contribution in [0.4, 0.5) is 5.13 Å². The van der Waals surface area contributed by atoms with Crippen molar-refractivity contribution in [1.29, 1.82) is 0 Å². The third-order valence-corrected chi connectivity index (χ3v) is 7.04. The summed E-state index contributed by atoms with van der Waals surface area (Å²) < 4.78 is 39.5. The van der Waals surface area contributed by atoms with Gasteiger partial charge in [-0.25, -0.2) is 13.1 Å². The predicted molar refractivity (Wildman–Crippen MR) is 109 cm³/mol. The van der Waals surface area contributed by atoms with Gasteiger partial charge < -0.3 is 14.8 Å². The van der Waals surface area contributed by atoms with Crippen LogP contribution < -0.4 is 19.5 Å². The molecule has 2 aromatic rings. The zero-order valence-electron chi connectivity index (χ0n) is 16.8. The SMILES string of the molecule is COc1ccc2c(c1)OC(C)(C)CC2NS(=O)(=O)c1nnc(NC(=O)C(C)C)s1. The highest BCUT2D eigenvalue weighted by molar-refractivity contribution is 7.91. The van der Waals surface area contributed by atoms with Crippen LogP contribution in [0, 0.1) is 5.92 Å². The molecule has 2 N–H and O–H groups in total. The quantitative estimate of drug-likeness (QED) is 0.663. The van der Waals surface area contributed by atoms with Crippen LogP contribution in [0.2, 0.25) is 0 Å². The number of hydrogen-bond acceptors (Lipinski definition) is 8. The summed E-state index contributed by atoms with van der Waals surface area (Å²) in [6.45, 7) is 7.24. The number of carbonyl (C=O) groups is 1. The van der Waals surface area contributed by atoms with Gasteiger partial charge in [0, 0.05) is 24.0 Å². The van der Waals surface area contributed by atoms with Gasteiger partial charge in [0.15, 0.2) is 0 Å². The number of nitrogens with zero attached hydrogens (tertiary/aromatic N) is 2. The van der Waals surface area contributed by atoms with E-state index in [2.05, 4.69) is 20.2 Å². The molecule has 1 amide bonds. The van der Waals surface area contributed by atoms with Gasteiger partial charge in [-0.15, -0.1) is 10.2 Å². The standard InChI is InChI=1S/C18H24N4O5S2/c1-10(2)15(23)19-16-20-21-17(28-16)29(24,25)22-13-9-18(3,4)27-14-8-11(26-5)6-7-12(13)14/h6-8,10,13,22H,9H2,1-5H3,(H,19,20,23). The number of rotatable bonds is 6.